The van der Waals surface area contributed by atoms with Crippen molar-refractivity contribution in [3.63, 3.8) is 0 Å². The number of carboxylic acid groups (broad SMARTS) is 1. The van der Waals surface area contributed by atoms with Gasteiger partial charge in [-0.05, 0) is 18.1 Å². The van der Waals surface area contributed by atoms with Crippen LogP contribution in [0, 0.1) is 5.92 Å². The summed E-state index contributed by atoms with van der Waals surface area (Å²) in [5.41, 5.74) is 1.89. The van der Waals surface area contributed by atoms with Crippen molar-refractivity contribution in [2.24, 2.45) is 5.92 Å². The van der Waals surface area contributed by atoms with Gasteiger partial charge in [-0.25, -0.2) is 0 Å². The topological polar surface area (TPSA) is 50.2 Å². The Bertz CT molecular complexity index is 517. The van der Waals surface area contributed by atoms with Gasteiger partial charge in [-0.1, -0.05) is 31.2 Å². The zero-order chi connectivity index (χ0) is 11.5. The third-order valence-corrected chi connectivity index (χ3v) is 2.66. The van der Waals surface area contributed by atoms with Gasteiger partial charge in [-0.2, -0.15) is 0 Å². The fourth-order valence-corrected chi connectivity index (χ4v) is 1.75. The Kier molecular flexibility index (Phi) is 2.86. The highest BCUT2D eigenvalue weighted by atomic mass is 16.4. The molecule has 2 aromatic rings. The van der Waals surface area contributed by atoms with Crippen molar-refractivity contribution in [3.8, 4) is 0 Å². The lowest BCUT2D eigenvalue weighted by molar-refractivity contribution is -0.141. The molecule has 2 rings (SSSR count). The maximum absolute atomic E-state index is 10.8. The highest BCUT2D eigenvalue weighted by Gasteiger charge is 2.13. The predicted molar refractivity (Wildman–Crippen MR) is 62.2 cm³/mol. The molecule has 0 saturated heterocycles. The standard InChI is InChI=1S/C13H13NO2/c1-9(13(15)16)8-11-5-2-4-10-6-3-7-14-12(10)11/h2-7,9H,8H2,1H3,(H,15,16). The van der Waals surface area contributed by atoms with Crippen LogP contribution in [0.5, 0.6) is 0 Å². The average Bonchev–Trinajstić information content (AvgIpc) is 2.29. The summed E-state index contributed by atoms with van der Waals surface area (Å²) >= 11 is 0. The van der Waals surface area contributed by atoms with E-state index in [2.05, 4.69) is 4.98 Å². The molecule has 0 spiro atoms. The molecule has 1 N–H and O–H groups in total. The minimum atomic E-state index is -0.770. The molecule has 82 valence electrons. The second-order valence-corrected chi connectivity index (χ2v) is 3.94. The minimum Gasteiger partial charge on any atom is -0.481 e. The van der Waals surface area contributed by atoms with Crippen LogP contribution in [0.2, 0.25) is 0 Å². The molecule has 1 heterocycles. The van der Waals surface area contributed by atoms with E-state index in [0.717, 1.165) is 16.5 Å². The van der Waals surface area contributed by atoms with Crippen LogP contribution >= 0.6 is 0 Å². The number of carbonyl (C=O) groups is 1. The van der Waals surface area contributed by atoms with E-state index in [1.165, 1.54) is 0 Å². The first-order chi connectivity index (χ1) is 7.68. The van der Waals surface area contributed by atoms with Crippen molar-refractivity contribution in [2.75, 3.05) is 0 Å². The third kappa shape index (κ3) is 2.03. The number of hydrogen-bond donors (Lipinski definition) is 1. The number of fused-ring (bicyclic) bond motifs is 1. The lowest BCUT2D eigenvalue weighted by Crippen LogP contribution is -2.12. The summed E-state index contributed by atoms with van der Waals surface area (Å²) in [6.45, 7) is 1.71. The fourth-order valence-electron chi connectivity index (χ4n) is 1.75. The largest absolute Gasteiger partial charge is 0.481 e. The summed E-state index contributed by atoms with van der Waals surface area (Å²) in [6, 6.07) is 9.73. The van der Waals surface area contributed by atoms with E-state index in [1.807, 2.05) is 30.3 Å². The Balaban J connectivity index is 2.41. The zero-order valence-corrected chi connectivity index (χ0v) is 9.05. The molecule has 0 bridgehead atoms. The van der Waals surface area contributed by atoms with Gasteiger partial charge in [0.1, 0.15) is 0 Å². The van der Waals surface area contributed by atoms with Crippen molar-refractivity contribution in [1.29, 1.82) is 0 Å². The summed E-state index contributed by atoms with van der Waals surface area (Å²) in [6.07, 6.45) is 2.25. The van der Waals surface area contributed by atoms with Crippen LogP contribution in [-0.2, 0) is 11.2 Å². The van der Waals surface area contributed by atoms with Crippen LogP contribution in [0.25, 0.3) is 10.9 Å². The van der Waals surface area contributed by atoms with E-state index in [0.29, 0.717) is 6.42 Å². The highest BCUT2D eigenvalue weighted by Crippen LogP contribution is 2.19. The van der Waals surface area contributed by atoms with Crippen LogP contribution in [0.1, 0.15) is 12.5 Å². The number of pyridine rings is 1. The quantitative estimate of drug-likeness (QED) is 0.855. The van der Waals surface area contributed by atoms with Gasteiger partial charge in [0.05, 0.1) is 11.4 Å². The van der Waals surface area contributed by atoms with Crippen molar-refractivity contribution in [1.82, 2.24) is 4.98 Å². The molecule has 3 heteroatoms. The van der Waals surface area contributed by atoms with Gasteiger partial charge in [0.2, 0.25) is 0 Å². The molecule has 16 heavy (non-hydrogen) atoms. The van der Waals surface area contributed by atoms with Crippen molar-refractivity contribution in [3.05, 3.63) is 42.1 Å². The fraction of sp³-hybridized carbons (Fsp3) is 0.231. The molecule has 1 aromatic heterocycles. The van der Waals surface area contributed by atoms with E-state index < -0.39 is 5.97 Å². The first-order valence-corrected chi connectivity index (χ1v) is 5.24. The van der Waals surface area contributed by atoms with Gasteiger partial charge in [0.15, 0.2) is 0 Å². The molecule has 0 radical (unpaired) electrons. The molecule has 0 saturated carbocycles. The van der Waals surface area contributed by atoms with E-state index in [4.69, 9.17) is 5.11 Å². The Morgan fingerprint density at radius 3 is 2.88 bits per heavy atom. The van der Waals surface area contributed by atoms with E-state index in [9.17, 15) is 4.79 Å². The molecule has 0 amide bonds. The second kappa shape index (κ2) is 4.31. The SMILES string of the molecule is CC(Cc1cccc2cccnc12)C(=O)O. The highest BCUT2D eigenvalue weighted by molar-refractivity contribution is 5.82. The molecule has 0 aliphatic carbocycles. The van der Waals surface area contributed by atoms with E-state index >= 15 is 0 Å². The maximum Gasteiger partial charge on any atom is 0.306 e. The van der Waals surface area contributed by atoms with E-state index in [-0.39, 0.29) is 5.92 Å². The third-order valence-electron chi connectivity index (χ3n) is 2.66. The number of aromatic nitrogens is 1. The summed E-state index contributed by atoms with van der Waals surface area (Å²) < 4.78 is 0. The number of hydrogen-bond acceptors (Lipinski definition) is 2. The Labute approximate surface area is 93.7 Å². The summed E-state index contributed by atoms with van der Waals surface area (Å²) in [7, 11) is 0. The number of rotatable bonds is 3. The van der Waals surface area contributed by atoms with Gasteiger partial charge < -0.3 is 5.11 Å². The van der Waals surface area contributed by atoms with Crippen LogP contribution in [-0.4, -0.2) is 16.1 Å². The van der Waals surface area contributed by atoms with Crippen LogP contribution in [0.4, 0.5) is 0 Å². The molecule has 0 aliphatic heterocycles. The number of aliphatic carboxylic acids is 1. The molecule has 1 aromatic carbocycles. The average molecular weight is 215 g/mol. The van der Waals surface area contributed by atoms with Gasteiger partial charge in [-0.15, -0.1) is 0 Å². The number of carboxylic acids is 1. The van der Waals surface area contributed by atoms with Crippen molar-refractivity contribution < 1.29 is 9.90 Å². The lowest BCUT2D eigenvalue weighted by Gasteiger charge is -2.08. The number of benzene rings is 1. The van der Waals surface area contributed by atoms with Crippen molar-refractivity contribution >= 4 is 16.9 Å². The molecular formula is C13H13NO2. The smallest absolute Gasteiger partial charge is 0.306 e. The maximum atomic E-state index is 10.8. The molecule has 1 atom stereocenters. The summed E-state index contributed by atoms with van der Waals surface area (Å²) in [5, 5.41) is 9.95. The molecule has 0 fully saturated rings. The van der Waals surface area contributed by atoms with Gasteiger partial charge >= 0.3 is 5.97 Å². The normalized spacial score (nSPS) is 12.6. The van der Waals surface area contributed by atoms with Gasteiger partial charge in [-0.3, -0.25) is 9.78 Å². The van der Waals surface area contributed by atoms with Crippen LogP contribution in [0.15, 0.2) is 36.5 Å². The minimum absolute atomic E-state index is 0.382. The Morgan fingerprint density at radius 2 is 2.12 bits per heavy atom. The van der Waals surface area contributed by atoms with Crippen LogP contribution in [0.3, 0.4) is 0 Å². The van der Waals surface area contributed by atoms with E-state index in [1.54, 1.807) is 13.1 Å². The predicted octanol–water partition coefficient (Wildman–Crippen LogP) is 2.50. The van der Waals surface area contributed by atoms with Crippen molar-refractivity contribution in [2.45, 2.75) is 13.3 Å². The monoisotopic (exact) mass is 215 g/mol. The number of nitrogens with zero attached hydrogens (tertiary/aromatic N) is 1. The summed E-state index contributed by atoms with van der Waals surface area (Å²) in [5.74, 6) is -1.15. The molecule has 0 aliphatic rings. The lowest BCUT2D eigenvalue weighted by atomic mass is 9.99. The van der Waals surface area contributed by atoms with Crippen LogP contribution < -0.4 is 0 Å². The first-order valence-electron chi connectivity index (χ1n) is 5.24. The molecular weight excluding hydrogens is 202 g/mol. The first kappa shape index (κ1) is 10.6. The summed E-state index contributed by atoms with van der Waals surface area (Å²) in [4.78, 5) is 15.1. The second-order valence-electron chi connectivity index (χ2n) is 3.94. The van der Waals surface area contributed by atoms with Gasteiger partial charge in [0.25, 0.3) is 0 Å². The Hall–Kier alpha value is -1.90. The van der Waals surface area contributed by atoms with Gasteiger partial charge in [0, 0.05) is 11.6 Å². The zero-order valence-electron chi connectivity index (χ0n) is 9.05. The Morgan fingerprint density at radius 1 is 1.38 bits per heavy atom. The molecule has 1 unspecified atom stereocenters. The molecule has 3 nitrogen and oxygen atoms in total. The number of para-hydroxylation sites is 1.